The van der Waals surface area contributed by atoms with Crippen LogP contribution in [0, 0.1) is 11.8 Å². The third kappa shape index (κ3) is 2.68. The van der Waals surface area contributed by atoms with Crippen molar-refractivity contribution in [2.24, 2.45) is 11.8 Å². The predicted octanol–water partition coefficient (Wildman–Crippen LogP) is 2.63. The molecule has 1 rings (SSSR count). The number of halogens is 1. The summed E-state index contributed by atoms with van der Waals surface area (Å²) >= 11 is 0. The van der Waals surface area contributed by atoms with E-state index in [1.165, 1.54) is 13.3 Å². The number of hydrogen-bond acceptors (Lipinski definition) is 1. The van der Waals surface area contributed by atoms with Crippen LogP contribution >= 0.6 is 0 Å². The quantitative estimate of drug-likeness (QED) is 0.739. The second-order valence-electron chi connectivity index (χ2n) is 3.97. The Morgan fingerprint density at radius 2 is 1.92 bits per heavy atom. The number of carboxylic acid groups (broad SMARTS) is 1. The van der Waals surface area contributed by atoms with Crippen LogP contribution in [-0.2, 0) is 4.79 Å². The number of alkyl halides is 1. The zero-order chi connectivity index (χ0) is 9.84. The summed E-state index contributed by atoms with van der Waals surface area (Å²) in [5.41, 5.74) is 0. The Labute approximate surface area is 78.1 Å². The van der Waals surface area contributed by atoms with E-state index in [-0.39, 0.29) is 5.92 Å². The van der Waals surface area contributed by atoms with E-state index in [0.29, 0.717) is 0 Å². The molecule has 2 unspecified atom stereocenters. The molecule has 0 saturated heterocycles. The maximum Gasteiger partial charge on any atom is 0.309 e. The molecule has 1 N–H and O–H groups in total. The zero-order valence-corrected chi connectivity index (χ0v) is 8.00. The fourth-order valence-electron chi connectivity index (χ4n) is 2.00. The second-order valence-corrected chi connectivity index (χ2v) is 3.97. The molecule has 76 valence electrons. The molecule has 0 heterocycles. The fraction of sp³-hybridized carbons (Fsp3) is 0.900. The van der Waals surface area contributed by atoms with E-state index in [1.807, 2.05) is 0 Å². The first-order valence-electron chi connectivity index (χ1n) is 5.00. The van der Waals surface area contributed by atoms with E-state index in [4.69, 9.17) is 5.11 Å². The highest BCUT2D eigenvalue weighted by Gasteiger charge is 2.31. The van der Waals surface area contributed by atoms with Crippen molar-refractivity contribution in [2.45, 2.75) is 45.2 Å². The molecule has 0 radical (unpaired) electrons. The SMILES string of the molecule is CC(C(=O)O)C(F)C1CCCCC1. The summed E-state index contributed by atoms with van der Waals surface area (Å²) in [6.45, 7) is 1.46. The molecular formula is C10H17FO2. The Balaban J connectivity index is 2.44. The largest absolute Gasteiger partial charge is 0.481 e. The molecule has 3 heteroatoms. The van der Waals surface area contributed by atoms with Gasteiger partial charge in [0.2, 0.25) is 0 Å². The minimum Gasteiger partial charge on any atom is -0.481 e. The molecule has 1 fully saturated rings. The van der Waals surface area contributed by atoms with Crippen molar-refractivity contribution >= 4 is 5.97 Å². The summed E-state index contributed by atoms with van der Waals surface area (Å²) in [6, 6.07) is 0. The Bertz CT molecular complexity index is 176. The van der Waals surface area contributed by atoms with Gasteiger partial charge in [-0.3, -0.25) is 4.79 Å². The number of rotatable bonds is 3. The lowest BCUT2D eigenvalue weighted by atomic mass is 9.82. The number of carbonyl (C=O) groups is 1. The normalized spacial score (nSPS) is 23.8. The molecule has 0 bridgehead atoms. The van der Waals surface area contributed by atoms with E-state index in [0.717, 1.165) is 25.7 Å². The first kappa shape index (κ1) is 10.5. The third-order valence-electron chi connectivity index (χ3n) is 2.97. The van der Waals surface area contributed by atoms with Crippen LogP contribution in [0.25, 0.3) is 0 Å². The van der Waals surface area contributed by atoms with Gasteiger partial charge in [0.15, 0.2) is 0 Å². The zero-order valence-electron chi connectivity index (χ0n) is 8.00. The fourth-order valence-corrected chi connectivity index (χ4v) is 2.00. The predicted molar refractivity (Wildman–Crippen MR) is 48.3 cm³/mol. The van der Waals surface area contributed by atoms with Crippen LogP contribution in [0.3, 0.4) is 0 Å². The van der Waals surface area contributed by atoms with Crippen LogP contribution in [0.15, 0.2) is 0 Å². The topological polar surface area (TPSA) is 37.3 Å². The summed E-state index contributed by atoms with van der Waals surface area (Å²) < 4.78 is 13.6. The van der Waals surface area contributed by atoms with Gasteiger partial charge in [0.25, 0.3) is 0 Å². The second kappa shape index (κ2) is 4.58. The molecule has 13 heavy (non-hydrogen) atoms. The van der Waals surface area contributed by atoms with Gasteiger partial charge in [0.1, 0.15) is 6.17 Å². The molecule has 2 atom stereocenters. The molecule has 0 aliphatic heterocycles. The van der Waals surface area contributed by atoms with Crippen LogP contribution < -0.4 is 0 Å². The number of hydrogen-bond donors (Lipinski definition) is 1. The van der Waals surface area contributed by atoms with Gasteiger partial charge in [-0.2, -0.15) is 0 Å². The highest BCUT2D eigenvalue weighted by Crippen LogP contribution is 2.31. The summed E-state index contributed by atoms with van der Waals surface area (Å²) in [7, 11) is 0. The van der Waals surface area contributed by atoms with E-state index >= 15 is 0 Å². The smallest absolute Gasteiger partial charge is 0.309 e. The summed E-state index contributed by atoms with van der Waals surface area (Å²) in [5.74, 6) is -1.87. The van der Waals surface area contributed by atoms with Gasteiger partial charge >= 0.3 is 5.97 Å². The monoisotopic (exact) mass is 188 g/mol. The van der Waals surface area contributed by atoms with Gasteiger partial charge in [-0.15, -0.1) is 0 Å². The Kier molecular flexibility index (Phi) is 3.70. The van der Waals surface area contributed by atoms with Gasteiger partial charge in [0, 0.05) is 0 Å². The van der Waals surface area contributed by atoms with Crippen molar-refractivity contribution < 1.29 is 14.3 Å². The van der Waals surface area contributed by atoms with Crippen LogP contribution in [0.4, 0.5) is 4.39 Å². The van der Waals surface area contributed by atoms with Gasteiger partial charge < -0.3 is 5.11 Å². The van der Waals surface area contributed by atoms with Crippen molar-refractivity contribution in [3.63, 3.8) is 0 Å². The molecule has 0 spiro atoms. The molecule has 0 aromatic rings. The minimum atomic E-state index is -1.15. The lowest BCUT2D eigenvalue weighted by Gasteiger charge is -2.26. The van der Waals surface area contributed by atoms with Crippen LogP contribution in [0.1, 0.15) is 39.0 Å². The molecular weight excluding hydrogens is 171 g/mol. The Hall–Kier alpha value is -0.600. The average molecular weight is 188 g/mol. The highest BCUT2D eigenvalue weighted by atomic mass is 19.1. The van der Waals surface area contributed by atoms with E-state index < -0.39 is 18.1 Å². The van der Waals surface area contributed by atoms with E-state index in [2.05, 4.69) is 0 Å². The minimum absolute atomic E-state index is 0.0140. The Morgan fingerprint density at radius 1 is 1.38 bits per heavy atom. The maximum atomic E-state index is 13.6. The van der Waals surface area contributed by atoms with Gasteiger partial charge in [-0.1, -0.05) is 19.3 Å². The lowest BCUT2D eigenvalue weighted by molar-refractivity contribution is -0.144. The lowest BCUT2D eigenvalue weighted by Crippen LogP contribution is -2.30. The van der Waals surface area contributed by atoms with Crippen LogP contribution in [-0.4, -0.2) is 17.2 Å². The first-order valence-corrected chi connectivity index (χ1v) is 5.00. The maximum absolute atomic E-state index is 13.6. The number of aliphatic carboxylic acids is 1. The summed E-state index contributed by atoms with van der Waals surface area (Å²) in [4.78, 5) is 10.5. The molecule has 0 aromatic heterocycles. The summed E-state index contributed by atoms with van der Waals surface area (Å²) in [6.07, 6.45) is 3.84. The Morgan fingerprint density at radius 3 is 2.38 bits per heavy atom. The molecule has 2 nitrogen and oxygen atoms in total. The standard InChI is InChI=1S/C10H17FO2/c1-7(10(12)13)9(11)8-5-3-2-4-6-8/h7-9H,2-6H2,1H3,(H,12,13). The van der Waals surface area contributed by atoms with Crippen LogP contribution in [0.2, 0.25) is 0 Å². The van der Waals surface area contributed by atoms with Crippen molar-refractivity contribution in [3.05, 3.63) is 0 Å². The van der Waals surface area contributed by atoms with Crippen molar-refractivity contribution in [1.82, 2.24) is 0 Å². The number of carboxylic acids is 1. The highest BCUT2D eigenvalue weighted by molar-refractivity contribution is 5.70. The first-order chi connectivity index (χ1) is 6.13. The average Bonchev–Trinajstić information content (AvgIpc) is 2.17. The van der Waals surface area contributed by atoms with E-state index in [1.54, 1.807) is 0 Å². The molecule has 0 amide bonds. The molecule has 1 saturated carbocycles. The van der Waals surface area contributed by atoms with Gasteiger partial charge in [-0.05, 0) is 25.7 Å². The summed E-state index contributed by atoms with van der Waals surface area (Å²) in [5, 5.41) is 8.64. The van der Waals surface area contributed by atoms with E-state index in [9.17, 15) is 9.18 Å². The molecule has 0 aromatic carbocycles. The van der Waals surface area contributed by atoms with Crippen molar-refractivity contribution in [2.75, 3.05) is 0 Å². The van der Waals surface area contributed by atoms with Crippen molar-refractivity contribution in [3.8, 4) is 0 Å². The van der Waals surface area contributed by atoms with Gasteiger partial charge in [-0.25, -0.2) is 4.39 Å². The van der Waals surface area contributed by atoms with Crippen LogP contribution in [0.5, 0.6) is 0 Å². The van der Waals surface area contributed by atoms with Gasteiger partial charge in [0.05, 0.1) is 5.92 Å². The third-order valence-corrected chi connectivity index (χ3v) is 2.97. The molecule has 1 aliphatic carbocycles. The van der Waals surface area contributed by atoms with Crippen molar-refractivity contribution in [1.29, 1.82) is 0 Å². The molecule has 1 aliphatic rings.